The number of benzene rings is 3. The Balaban J connectivity index is 1.95. The second-order valence-corrected chi connectivity index (χ2v) is 8.34. The van der Waals surface area contributed by atoms with E-state index in [-0.39, 0.29) is 17.2 Å². The number of hydrogen-bond donors (Lipinski definition) is 1. The smallest absolute Gasteiger partial charge is 0.241 e. The van der Waals surface area contributed by atoms with Gasteiger partial charge in [0, 0.05) is 42.7 Å². The number of nitrogens with zero attached hydrogens (tertiary/aromatic N) is 1. The molecule has 0 atom stereocenters. The molecule has 3 aromatic carbocycles. The quantitative estimate of drug-likeness (QED) is 0.662. The van der Waals surface area contributed by atoms with Crippen LogP contribution in [0, 0.1) is 0 Å². The van der Waals surface area contributed by atoms with Crippen molar-refractivity contribution in [2.75, 3.05) is 19.0 Å². The van der Waals surface area contributed by atoms with E-state index in [4.69, 9.17) is 0 Å². The number of fused-ring (bicyclic) bond motifs is 1. The zero-order valence-electron chi connectivity index (χ0n) is 15.6. The summed E-state index contributed by atoms with van der Waals surface area (Å²) in [6, 6.07) is 17.9. The Morgan fingerprint density at radius 2 is 1.63 bits per heavy atom. The van der Waals surface area contributed by atoms with E-state index in [0.717, 1.165) is 16.6 Å². The number of nitrogens with one attached hydrogen (secondary N) is 1. The fraction of sp³-hybridized carbons (Fsp3) is 0.190. The Hall–Kier alpha value is -2.70. The SMILES string of the molecule is CC(=O)c1cccc(CNS(=O)(=O)c2cccc3c(N(C)C)cccc23)c1. The van der Waals surface area contributed by atoms with Gasteiger partial charge in [-0.25, -0.2) is 13.1 Å². The topological polar surface area (TPSA) is 66.5 Å². The number of Topliss-reactive ketones (excluding diaryl/α,β-unsaturated/α-hetero) is 1. The molecule has 0 radical (unpaired) electrons. The summed E-state index contributed by atoms with van der Waals surface area (Å²) in [6.45, 7) is 1.61. The molecule has 3 aromatic rings. The highest BCUT2D eigenvalue weighted by molar-refractivity contribution is 7.89. The maximum absolute atomic E-state index is 12.9. The van der Waals surface area contributed by atoms with Crippen molar-refractivity contribution >= 4 is 32.3 Å². The summed E-state index contributed by atoms with van der Waals surface area (Å²) in [5, 5.41) is 1.55. The van der Waals surface area contributed by atoms with E-state index in [9.17, 15) is 13.2 Å². The number of ketones is 1. The van der Waals surface area contributed by atoms with E-state index >= 15 is 0 Å². The van der Waals surface area contributed by atoms with Gasteiger partial charge in [-0.2, -0.15) is 0 Å². The van der Waals surface area contributed by atoms with E-state index in [1.807, 2.05) is 43.3 Å². The summed E-state index contributed by atoms with van der Waals surface area (Å²) in [7, 11) is 0.140. The van der Waals surface area contributed by atoms with Crippen LogP contribution in [0.3, 0.4) is 0 Å². The third-order valence-corrected chi connectivity index (χ3v) is 5.89. The first-order valence-electron chi connectivity index (χ1n) is 8.58. The Morgan fingerprint density at radius 1 is 0.963 bits per heavy atom. The predicted octanol–water partition coefficient (Wildman–Crippen LogP) is 3.59. The average molecular weight is 382 g/mol. The van der Waals surface area contributed by atoms with Crippen LogP contribution in [0.25, 0.3) is 10.8 Å². The van der Waals surface area contributed by atoms with E-state index < -0.39 is 10.0 Å². The van der Waals surface area contributed by atoms with E-state index in [1.54, 1.807) is 36.4 Å². The van der Waals surface area contributed by atoms with Crippen LogP contribution in [0.15, 0.2) is 65.6 Å². The number of carbonyl (C=O) groups excluding carboxylic acids is 1. The highest BCUT2D eigenvalue weighted by Gasteiger charge is 2.18. The standard InChI is InChI=1S/C21H22N2O3S/c1-15(24)17-8-4-7-16(13-17)14-22-27(25,26)21-12-6-9-18-19(21)10-5-11-20(18)23(2)3/h4-13,22H,14H2,1-3H3. The summed E-state index contributed by atoms with van der Waals surface area (Å²) in [4.78, 5) is 13.7. The molecular weight excluding hydrogens is 360 g/mol. The Morgan fingerprint density at radius 3 is 2.33 bits per heavy atom. The van der Waals surface area contributed by atoms with Crippen molar-refractivity contribution in [1.29, 1.82) is 0 Å². The molecule has 5 nitrogen and oxygen atoms in total. The minimum absolute atomic E-state index is 0.0509. The molecule has 3 rings (SSSR count). The molecule has 0 saturated carbocycles. The van der Waals surface area contributed by atoms with Crippen molar-refractivity contribution in [3.8, 4) is 0 Å². The molecule has 0 bridgehead atoms. The average Bonchev–Trinajstić information content (AvgIpc) is 2.65. The molecule has 0 unspecified atom stereocenters. The monoisotopic (exact) mass is 382 g/mol. The zero-order chi connectivity index (χ0) is 19.6. The van der Waals surface area contributed by atoms with Crippen molar-refractivity contribution in [2.24, 2.45) is 0 Å². The van der Waals surface area contributed by atoms with Gasteiger partial charge in [0.25, 0.3) is 0 Å². The van der Waals surface area contributed by atoms with Crippen LogP contribution in [0.1, 0.15) is 22.8 Å². The number of anilines is 1. The first-order chi connectivity index (χ1) is 12.8. The van der Waals surface area contributed by atoms with Crippen LogP contribution in [0.2, 0.25) is 0 Å². The zero-order valence-corrected chi connectivity index (χ0v) is 16.4. The van der Waals surface area contributed by atoms with Crippen LogP contribution in [0.4, 0.5) is 5.69 Å². The Labute approximate surface area is 159 Å². The molecule has 0 saturated heterocycles. The Bertz CT molecular complexity index is 1110. The molecule has 0 aliphatic carbocycles. The molecule has 27 heavy (non-hydrogen) atoms. The Kier molecular flexibility index (Phi) is 5.30. The molecule has 140 valence electrons. The number of rotatable bonds is 6. The molecular formula is C21H22N2O3S. The van der Waals surface area contributed by atoms with E-state index in [2.05, 4.69) is 4.72 Å². The van der Waals surface area contributed by atoms with Gasteiger partial charge < -0.3 is 4.90 Å². The first kappa shape index (κ1) is 19.1. The third kappa shape index (κ3) is 4.02. The molecule has 0 spiro atoms. The minimum Gasteiger partial charge on any atom is -0.377 e. The summed E-state index contributed by atoms with van der Waals surface area (Å²) >= 11 is 0. The number of carbonyl (C=O) groups is 1. The second-order valence-electron chi connectivity index (χ2n) is 6.60. The molecule has 0 aromatic heterocycles. The van der Waals surface area contributed by atoms with Gasteiger partial charge in [0.05, 0.1) is 4.90 Å². The van der Waals surface area contributed by atoms with Gasteiger partial charge in [-0.1, -0.05) is 42.5 Å². The molecule has 0 fully saturated rings. The van der Waals surface area contributed by atoms with E-state index in [1.165, 1.54) is 6.92 Å². The fourth-order valence-corrected chi connectivity index (χ4v) is 4.28. The van der Waals surface area contributed by atoms with Gasteiger partial charge in [-0.3, -0.25) is 4.79 Å². The summed E-state index contributed by atoms with van der Waals surface area (Å²) in [5.41, 5.74) is 2.26. The number of sulfonamides is 1. The van der Waals surface area contributed by atoms with Crippen molar-refractivity contribution in [3.63, 3.8) is 0 Å². The highest BCUT2D eigenvalue weighted by Crippen LogP contribution is 2.30. The van der Waals surface area contributed by atoms with Crippen LogP contribution >= 0.6 is 0 Å². The van der Waals surface area contributed by atoms with Gasteiger partial charge in [0.15, 0.2) is 5.78 Å². The van der Waals surface area contributed by atoms with Crippen LogP contribution < -0.4 is 9.62 Å². The molecule has 1 N–H and O–H groups in total. The summed E-state index contributed by atoms with van der Waals surface area (Å²) < 4.78 is 28.5. The maximum Gasteiger partial charge on any atom is 0.241 e. The fourth-order valence-electron chi connectivity index (χ4n) is 3.05. The number of hydrogen-bond acceptors (Lipinski definition) is 4. The van der Waals surface area contributed by atoms with Crippen LogP contribution in [-0.2, 0) is 16.6 Å². The molecule has 6 heteroatoms. The van der Waals surface area contributed by atoms with Crippen molar-refractivity contribution in [2.45, 2.75) is 18.4 Å². The van der Waals surface area contributed by atoms with Crippen molar-refractivity contribution in [1.82, 2.24) is 4.72 Å². The minimum atomic E-state index is -3.71. The van der Waals surface area contributed by atoms with Crippen molar-refractivity contribution in [3.05, 3.63) is 71.8 Å². The molecule has 0 aliphatic heterocycles. The molecule has 0 heterocycles. The van der Waals surface area contributed by atoms with Crippen LogP contribution in [-0.4, -0.2) is 28.3 Å². The maximum atomic E-state index is 12.9. The lowest BCUT2D eigenvalue weighted by molar-refractivity contribution is 0.101. The van der Waals surface area contributed by atoms with Crippen LogP contribution in [0.5, 0.6) is 0 Å². The lowest BCUT2D eigenvalue weighted by atomic mass is 10.1. The van der Waals surface area contributed by atoms with Crippen molar-refractivity contribution < 1.29 is 13.2 Å². The predicted molar refractivity (Wildman–Crippen MR) is 109 cm³/mol. The summed E-state index contributed by atoms with van der Waals surface area (Å²) in [5.74, 6) is -0.0509. The molecule has 0 amide bonds. The first-order valence-corrected chi connectivity index (χ1v) is 10.1. The summed E-state index contributed by atoms with van der Waals surface area (Å²) in [6.07, 6.45) is 0. The third-order valence-electron chi connectivity index (χ3n) is 4.43. The van der Waals surface area contributed by atoms with Gasteiger partial charge in [-0.05, 0) is 30.7 Å². The normalized spacial score (nSPS) is 11.5. The van der Waals surface area contributed by atoms with Gasteiger partial charge in [0.1, 0.15) is 0 Å². The highest BCUT2D eigenvalue weighted by atomic mass is 32.2. The molecule has 0 aliphatic rings. The van der Waals surface area contributed by atoms with E-state index in [0.29, 0.717) is 10.9 Å². The van der Waals surface area contributed by atoms with Gasteiger partial charge >= 0.3 is 0 Å². The van der Waals surface area contributed by atoms with Gasteiger partial charge in [0.2, 0.25) is 10.0 Å². The lowest BCUT2D eigenvalue weighted by Gasteiger charge is -2.17. The van der Waals surface area contributed by atoms with Gasteiger partial charge in [-0.15, -0.1) is 0 Å². The largest absolute Gasteiger partial charge is 0.377 e. The second kappa shape index (κ2) is 7.50. The lowest BCUT2D eigenvalue weighted by Crippen LogP contribution is -2.23.